The van der Waals surface area contributed by atoms with Gasteiger partial charge in [0.05, 0.1) is 0 Å². The normalized spacial score (nSPS) is 15.3. The van der Waals surface area contributed by atoms with Crippen LogP contribution < -0.4 is 5.32 Å². The van der Waals surface area contributed by atoms with Crippen molar-refractivity contribution in [3.05, 3.63) is 41.0 Å². The van der Waals surface area contributed by atoms with E-state index in [2.05, 4.69) is 48.4 Å². The standard InChI is InChI=1S/C24H35N3O4/c1-16-9-10-19(17(2)15-16)18-11-13-27(14-12-18)20(25-21(28)30-23(3,4)5)26-22(29)31-24(6,7)8/h9-11,15H,12-14H2,1-8H3,(H,25,26,28,29). The lowest BCUT2D eigenvalue weighted by molar-refractivity contribution is 0.0555. The van der Waals surface area contributed by atoms with Crippen molar-refractivity contribution >= 4 is 23.7 Å². The lowest BCUT2D eigenvalue weighted by Crippen LogP contribution is -2.48. The van der Waals surface area contributed by atoms with Gasteiger partial charge in [-0.25, -0.2) is 9.59 Å². The average Bonchev–Trinajstić information content (AvgIpc) is 2.58. The molecular formula is C24H35N3O4. The third-order valence-corrected chi connectivity index (χ3v) is 4.44. The summed E-state index contributed by atoms with van der Waals surface area (Å²) in [5, 5.41) is 2.62. The largest absolute Gasteiger partial charge is 0.444 e. The van der Waals surface area contributed by atoms with Gasteiger partial charge in [-0.1, -0.05) is 29.8 Å². The van der Waals surface area contributed by atoms with Crippen molar-refractivity contribution in [1.29, 1.82) is 0 Å². The molecule has 0 aliphatic carbocycles. The lowest BCUT2D eigenvalue weighted by Gasteiger charge is -2.30. The van der Waals surface area contributed by atoms with Gasteiger partial charge in [-0.3, -0.25) is 5.32 Å². The van der Waals surface area contributed by atoms with Crippen molar-refractivity contribution in [2.45, 2.75) is 73.0 Å². The maximum atomic E-state index is 12.3. The second kappa shape index (κ2) is 9.54. The van der Waals surface area contributed by atoms with E-state index >= 15 is 0 Å². The van der Waals surface area contributed by atoms with E-state index in [-0.39, 0.29) is 5.96 Å². The number of benzene rings is 1. The summed E-state index contributed by atoms with van der Waals surface area (Å²) < 4.78 is 10.6. The number of carbonyl (C=O) groups excluding carboxylic acids is 2. The van der Waals surface area contributed by atoms with E-state index < -0.39 is 23.4 Å². The summed E-state index contributed by atoms with van der Waals surface area (Å²) in [6.07, 6.45) is 1.43. The predicted octanol–water partition coefficient (Wildman–Crippen LogP) is 5.21. The monoisotopic (exact) mass is 429 g/mol. The summed E-state index contributed by atoms with van der Waals surface area (Å²) in [5.74, 6) is 0.124. The topological polar surface area (TPSA) is 80.2 Å². The maximum absolute atomic E-state index is 12.3. The molecule has 1 aromatic carbocycles. The van der Waals surface area contributed by atoms with Crippen molar-refractivity contribution in [2.24, 2.45) is 4.99 Å². The Kier molecular flexibility index (Phi) is 7.52. The summed E-state index contributed by atoms with van der Waals surface area (Å²) in [6, 6.07) is 6.41. The van der Waals surface area contributed by atoms with E-state index in [4.69, 9.17) is 9.47 Å². The van der Waals surface area contributed by atoms with Crippen LogP contribution in [0.5, 0.6) is 0 Å². The van der Waals surface area contributed by atoms with E-state index in [1.54, 1.807) is 41.5 Å². The number of hydrogen-bond donors (Lipinski definition) is 1. The average molecular weight is 430 g/mol. The highest BCUT2D eigenvalue weighted by molar-refractivity contribution is 5.99. The van der Waals surface area contributed by atoms with Crippen molar-refractivity contribution in [3.8, 4) is 0 Å². The molecule has 1 heterocycles. The molecule has 1 N–H and O–H groups in total. The van der Waals surface area contributed by atoms with E-state index in [9.17, 15) is 9.59 Å². The van der Waals surface area contributed by atoms with Crippen LogP contribution in [0.1, 0.15) is 64.7 Å². The summed E-state index contributed by atoms with van der Waals surface area (Å²) in [5.41, 5.74) is 3.56. The Morgan fingerprint density at radius 2 is 1.68 bits per heavy atom. The molecule has 0 spiro atoms. The minimum atomic E-state index is -0.761. The van der Waals surface area contributed by atoms with Crippen LogP contribution in [-0.2, 0) is 9.47 Å². The molecule has 0 radical (unpaired) electrons. The zero-order valence-corrected chi connectivity index (χ0v) is 20.0. The molecule has 0 saturated heterocycles. The van der Waals surface area contributed by atoms with Gasteiger partial charge in [0.25, 0.3) is 0 Å². The first-order valence-electron chi connectivity index (χ1n) is 10.6. The van der Waals surface area contributed by atoms with Crippen LogP contribution in [0.3, 0.4) is 0 Å². The molecule has 2 amide bonds. The molecule has 0 saturated carbocycles. The number of hydrogen-bond acceptors (Lipinski definition) is 4. The highest BCUT2D eigenvalue weighted by atomic mass is 16.6. The zero-order chi connectivity index (χ0) is 23.4. The fourth-order valence-corrected chi connectivity index (χ4v) is 3.22. The molecule has 1 aliphatic rings. The first-order valence-corrected chi connectivity index (χ1v) is 10.6. The number of ether oxygens (including phenoxy) is 2. The van der Waals surface area contributed by atoms with Gasteiger partial charge >= 0.3 is 12.2 Å². The number of carbonyl (C=O) groups is 2. The van der Waals surface area contributed by atoms with Crippen molar-refractivity contribution in [1.82, 2.24) is 10.2 Å². The van der Waals surface area contributed by atoms with Crippen LogP contribution in [-0.4, -0.2) is 47.3 Å². The quantitative estimate of drug-likeness (QED) is 0.490. The Labute approximate surface area is 185 Å². The number of alkyl carbamates (subject to hydrolysis) is 1. The second-order valence-corrected chi connectivity index (χ2v) is 9.79. The fourth-order valence-electron chi connectivity index (χ4n) is 3.22. The molecule has 0 fully saturated rings. The van der Waals surface area contributed by atoms with Gasteiger partial charge in [0.2, 0.25) is 5.96 Å². The molecule has 1 aromatic rings. The third kappa shape index (κ3) is 8.07. The SMILES string of the molecule is Cc1ccc(C2=CCN(C(=NC(=O)OC(C)(C)C)NC(=O)OC(C)(C)C)CC2)c(C)c1. The van der Waals surface area contributed by atoms with Crippen molar-refractivity contribution in [3.63, 3.8) is 0 Å². The number of rotatable bonds is 1. The van der Waals surface area contributed by atoms with Crippen LogP contribution in [0.15, 0.2) is 29.3 Å². The first kappa shape index (κ1) is 24.4. The summed E-state index contributed by atoms with van der Waals surface area (Å²) in [7, 11) is 0. The van der Waals surface area contributed by atoms with Gasteiger partial charge in [-0.15, -0.1) is 4.99 Å². The van der Waals surface area contributed by atoms with Gasteiger partial charge in [0.1, 0.15) is 11.2 Å². The Morgan fingerprint density at radius 3 is 2.19 bits per heavy atom. The van der Waals surface area contributed by atoms with E-state index in [1.165, 1.54) is 22.3 Å². The number of nitrogens with zero attached hydrogens (tertiary/aromatic N) is 2. The number of nitrogens with one attached hydrogen (secondary N) is 1. The van der Waals surface area contributed by atoms with Crippen LogP contribution in [0, 0.1) is 13.8 Å². The van der Waals surface area contributed by atoms with E-state index in [1.807, 2.05) is 4.90 Å². The van der Waals surface area contributed by atoms with Crippen molar-refractivity contribution < 1.29 is 19.1 Å². The number of guanidine groups is 1. The van der Waals surface area contributed by atoms with E-state index in [0.29, 0.717) is 13.1 Å². The number of aryl methyl sites for hydroxylation is 2. The Balaban J connectivity index is 2.22. The molecule has 7 heteroatoms. The predicted molar refractivity (Wildman–Crippen MR) is 123 cm³/mol. The Morgan fingerprint density at radius 1 is 1.03 bits per heavy atom. The van der Waals surface area contributed by atoms with Gasteiger partial charge in [0, 0.05) is 13.1 Å². The lowest BCUT2D eigenvalue weighted by atomic mass is 9.94. The van der Waals surface area contributed by atoms with Crippen LogP contribution in [0.4, 0.5) is 9.59 Å². The summed E-state index contributed by atoms with van der Waals surface area (Å²) >= 11 is 0. The zero-order valence-electron chi connectivity index (χ0n) is 20.0. The van der Waals surface area contributed by atoms with Gasteiger partial charge in [-0.2, -0.15) is 0 Å². The first-order chi connectivity index (χ1) is 14.2. The molecule has 0 atom stereocenters. The fraction of sp³-hybridized carbons (Fsp3) is 0.542. The van der Waals surface area contributed by atoms with Gasteiger partial charge < -0.3 is 14.4 Å². The number of amides is 2. The Bertz CT molecular complexity index is 889. The summed E-state index contributed by atoms with van der Waals surface area (Å²) in [6.45, 7) is 15.9. The molecule has 0 aromatic heterocycles. The molecular weight excluding hydrogens is 394 g/mol. The van der Waals surface area contributed by atoms with Gasteiger partial charge in [-0.05, 0) is 78.5 Å². The summed E-state index contributed by atoms with van der Waals surface area (Å²) in [4.78, 5) is 30.5. The Hall–Kier alpha value is -2.83. The van der Waals surface area contributed by atoms with Gasteiger partial charge in [0.15, 0.2) is 0 Å². The van der Waals surface area contributed by atoms with E-state index in [0.717, 1.165) is 6.42 Å². The van der Waals surface area contributed by atoms with Crippen LogP contribution >= 0.6 is 0 Å². The highest BCUT2D eigenvalue weighted by Crippen LogP contribution is 2.26. The van der Waals surface area contributed by atoms with Crippen LogP contribution in [0.25, 0.3) is 5.57 Å². The second-order valence-electron chi connectivity index (χ2n) is 9.79. The van der Waals surface area contributed by atoms with Crippen molar-refractivity contribution in [2.75, 3.05) is 13.1 Å². The highest BCUT2D eigenvalue weighted by Gasteiger charge is 2.24. The number of aliphatic imine (C=N–C) groups is 1. The smallest absolute Gasteiger partial charge is 0.437 e. The van der Waals surface area contributed by atoms with Crippen LogP contribution in [0.2, 0.25) is 0 Å². The molecule has 0 bridgehead atoms. The molecule has 170 valence electrons. The molecule has 2 rings (SSSR count). The minimum absolute atomic E-state index is 0.124. The molecule has 7 nitrogen and oxygen atoms in total. The molecule has 0 unspecified atom stereocenters. The molecule has 1 aliphatic heterocycles. The minimum Gasteiger partial charge on any atom is -0.444 e. The maximum Gasteiger partial charge on any atom is 0.437 e. The molecule has 31 heavy (non-hydrogen) atoms. The third-order valence-electron chi connectivity index (χ3n) is 4.44.